The second-order valence-corrected chi connectivity index (χ2v) is 11.4. The maximum absolute atomic E-state index is 12.3. The molecule has 0 atom stereocenters. The number of guanidine groups is 1. The third-order valence-corrected chi connectivity index (χ3v) is 8.30. The first-order chi connectivity index (χ1) is 14.3. The van der Waals surface area contributed by atoms with Crippen LogP contribution in [-0.2, 0) is 32.5 Å². The normalized spacial score (nSPS) is 21.4. The predicted octanol–water partition coefficient (Wildman–Crippen LogP) is 2.97. The Labute approximate surface area is 203 Å². The van der Waals surface area contributed by atoms with Crippen LogP contribution < -0.4 is 5.32 Å². The molecule has 1 aromatic carbocycles. The number of hydrogen-bond acceptors (Lipinski definition) is 5. The number of nitrogens with one attached hydrogen (secondary N) is 1. The zero-order valence-corrected chi connectivity index (χ0v) is 21.9. The summed E-state index contributed by atoms with van der Waals surface area (Å²) >= 11 is 0. The SMILES string of the molecule is CCNC(=NCc1ccc(COC2CCOCC2)cc1)N1CCS(=O)(=O)C(C)(C)C1.I. The van der Waals surface area contributed by atoms with Crippen LogP contribution in [0.2, 0.25) is 0 Å². The molecule has 2 saturated heterocycles. The Bertz CT molecular complexity index is 822. The molecular weight excluding hydrogens is 529 g/mol. The van der Waals surface area contributed by atoms with Crippen LogP contribution in [0.25, 0.3) is 0 Å². The van der Waals surface area contributed by atoms with Crippen LogP contribution in [-0.4, -0.2) is 68.7 Å². The number of hydrogen-bond donors (Lipinski definition) is 1. The molecule has 2 fully saturated rings. The van der Waals surface area contributed by atoms with E-state index in [0.717, 1.165) is 49.7 Å². The van der Waals surface area contributed by atoms with Gasteiger partial charge in [-0.15, -0.1) is 24.0 Å². The maximum atomic E-state index is 12.3. The summed E-state index contributed by atoms with van der Waals surface area (Å²) in [5.41, 5.74) is 2.27. The zero-order valence-electron chi connectivity index (χ0n) is 18.8. The molecule has 0 spiro atoms. The van der Waals surface area contributed by atoms with Gasteiger partial charge < -0.3 is 19.7 Å². The fourth-order valence-electron chi connectivity index (χ4n) is 3.71. The van der Waals surface area contributed by atoms with E-state index in [1.165, 1.54) is 0 Å². The third-order valence-electron chi connectivity index (χ3n) is 5.77. The first kappa shape index (κ1) is 26.3. The van der Waals surface area contributed by atoms with Crippen molar-refractivity contribution in [2.75, 3.05) is 38.6 Å². The number of ether oxygens (including phenoxy) is 2. The van der Waals surface area contributed by atoms with E-state index in [-0.39, 0.29) is 29.7 Å². The third kappa shape index (κ3) is 7.30. The zero-order chi connectivity index (χ0) is 21.6. The Morgan fingerprint density at radius 1 is 1.23 bits per heavy atom. The summed E-state index contributed by atoms with van der Waals surface area (Å²) in [6.07, 6.45) is 2.23. The molecule has 0 aromatic heterocycles. The van der Waals surface area contributed by atoms with Crippen molar-refractivity contribution in [1.29, 1.82) is 0 Å². The highest BCUT2D eigenvalue weighted by atomic mass is 127. The second kappa shape index (κ2) is 11.8. The summed E-state index contributed by atoms with van der Waals surface area (Å²) in [4.78, 5) is 6.82. The van der Waals surface area contributed by atoms with Crippen LogP contribution in [0.4, 0.5) is 0 Å². The standard InChI is InChI=1S/C22H35N3O4S.HI/c1-4-23-21(25-11-14-30(26,27)22(2,3)17-25)24-15-18-5-7-19(8-6-18)16-29-20-9-12-28-13-10-20;/h5-8,20H,4,9-17H2,1-3H3,(H,23,24);1H. The summed E-state index contributed by atoms with van der Waals surface area (Å²) < 4.78 is 35.2. The molecule has 3 rings (SSSR count). The lowest BCUT2D eigenvalue weighted by Gasteiger charge is -2.39. The lowest BCUT2D eigenvalue weighted by atomic mass is 10.1. The van der Waals surface area contributed by atoms with Crippen molar-refractivity contribution < 1.29 is 17.9 Å². The van der Waals surface area contributed by atoms with Crippen molar-refractivity contribution >= 4 is 39.8 Å². The summed E-state index contributed by atoms with van der Waals surface area (Å²) in [6, 6.07) is 8.35. The van der Waals surface area contributed by atoms with Crippen LogP contribution in [0.1, 0.15) is 44.7 Å². The Balaban J connectivity index is 0.00000341. The predicted molar refractivity (Wildman–Crippen MR) is 135 cm³/mol. The van der Waals surface area contributed by atoms with Gasteiger partial charge in [-0.3, -0.25) is 0 Å². The average Bonchev–Trinajstić information content (AvgIpc) is 2.73. The van der Waals surface area contributed by atoms with Crippen LogP contribution in [0.5, 0.6) is 0 Å². The molecule has 7 nitrogen and oxygen atoms in total. The van der Waals surface area contributed by atoms with Gasteiger partial charge in [0.15, 0.2) is 15.8 Å². The van der Waals surface area contributed by atoms with Crippen molar-refractivity contribution in [2.45, 2.75) is 57.6 Å². The largest absolute Gasteiger partial charge is 0.381 e. The number of aliphatic imine (C=N–C) groups is 1. The summed E-state index contributed by atoms with van der Waals surface area (Å²) in [6.45, 7) is 10.0. The van der Waals surface area contributed by atoms with Crippen LogP contribution in [0.15, 0.2) is 29.3 Å². The first-order valence-electron chi connectivity index (χ1n) is 10.8. The van der Waals surface area contributed by atoms with Gasteiger partial charge in [0.25, 0.3) is 0 Å². The van der Waals surface area contributed by atoms with E-state index in [2.05, 4.69) is 34.5 Å². The molecule has 9 heteroatoms. The second-order valence-electron chi connectivity index (χ2n) is 8.61. The molecule has 1 aromatic rings. The van der Waals surface area contributed by atoms with E-state index in [1.807, 2.05) is 6.92 Å². The fourth-order valence-corrected chi connectivity index (χ4v) is 5.08. The number of sulfone groups is 1. The molecule has 0 radical (unpaired) electrons. The first-order valence-corrected chi connectivity index (χ1v) is 12.5. The average molecular weight is 566 g/mol. The van der Waals surface area contributed by atoms with Gasteiger partial charge in [0, 0.05) is 32.8 Å². The summed E-state index contributed by atoms with van der Waals surface area (Å²) in [5, 5.41) is 3.31. The number of nitrogens with zero attached hydrogens (tertiary/aromatic N) is 2. The fraction of sp³-hybridized carbons (Fsp3) is 0.682. The molecule has 2 heterocycles. The smallest absolute Gasteiger partial charge is 0.194 e. The summed E-state index contributed by atoms with van der Waals surface area (Å²) in [5.74, 6) is 0.930. The Morgan fingerprint density at radius 2 is 1.87 bits per heavy atom. The van der Waals surface area contributed by atoms with Crippen molar-refractivity contribution in [3.05, 3.63) is 35.4 Å². The monoisotopic (exact) mass is 565 g/mol. The van der Waals surface area contributed by atoms with E-state index in [9.17, 15) is 8.42 Å². The summed E-state index contributed by atoms with van der Waals surface area (Å²) in [7, 11) is -3.07. The van der Waals surface area contributed by atoms with Crippen molar-refractivity contribution in [1.82, 2.24) is 10.2 Å². The molecule has 0 bridgehead atoms. The molecule has 2 aliphatic rings. The highest BCUT2D eigenvalue weighted by Crippen LogP contribution is 2.24. The van der Waals surface area contributed by atoms with Gasteiger partial charge in [-0.25, -0.2) is 13.4 Å². The highest BCUT2D eigenvalue weighted by Gasteiger charge is 2.40. The number of halogens is 1. The van der Waals surface area contributed by atoms with E-state index >= 15 is 0 Å². The minimum atomic E-state index is -3.07. The van der Waals surface area contributed by atoms with Crippen molar-refractivity contribution in [3.8, 4) is 0 Å². The molecule has 0 amide bonds. The Hall–Kier alpha value is -0.910. The van der Waals surface area contributed by atoms with Crippen LogP contribution in [0.3, 0.4) is 0 Å². The van der Waals surface area contributed by atoms with E-state index in [1.54, 1.807) is 13.8 Å². The van der Waals surface area contributed by atoms with E-state index < -0.39 is 14.6 Å². The van der Waals surface area contributed by atoms with E-state index in [4.69, 9.17) is 14.5 Å². The van der Waals surface area contributed by atoms with Gasteiger partial charge in [0.1, 0.15) is 0 Å². The minimum Gasteiger partial charge on any atom is -0.381 e. The van der Waals surface area contributed by atoms with Crippen LogP contribution >= 0.6 is 24.0 Å². The molecule has 0 aliphatic carbocycles. The number of rotatable bonds is 6. The Kier molecular flexibility index (Phi) is 10.0. The molecule has 1 N–H and O–H groups in total. The molecule has 31 heavy (non-hydrogen) atoms. The van der Waals surface area contributed by atoms with Gasteiger partial charge >= 0.3 is 0 Å². The minimum absolute atomic E-state index is 0. The number of benzene rings is 1. The van der Waals surface area contributed by atoms with Crippen molar-refractivity contribution in [3.63, 3.8) is 0 Å². The Morgan fingerprint density at radius 3 is 2.48 bits per heavy atom. The lowest BCUT2D eigenvalue weighted by Crippen LogP contribution is -2.57. The quantitative estimate of drug-likeness (QED) is 0.325. The van der Waals surface area contributed by atoms with E-state index in [0.29, 0.717) is 32.3 Å². The molecule has 2 aliphatic heterocycles. The van der Waals surface area contributed by atoms with Gasteiger partial charge in [0.2, 0.25) is 0 Å². The highest BCUT2D eigenvalue weighted by molar-refractivity contribution is 14.0. The van der Waals surface area contributed by atoms with Gasteiger partial charge in [0.05, 0.1) is 29.8 Å². The topological polar surface area (TPSA) is 80.2 Å². The molecule has 0 saturated carbocycles. The van der Waals surface area contributed by atoms with Crippen molar-refractivity contribution in [2.24, 2.45) is 4.99 Å². The van der Waals surface area contributed by atoms with Gasteiger partial charge in [-0.1, -0.05) is 24.3 Å². The van der Waals surface area contributed by atoms with Gasteiger partial charge in [-0.2, -0.15) is 0 Å². The molecule has 0 unspecified atom stereocenters. The molecule has 176 valence electrons. The molecular formula is C22H36IN3O4S. The van der Waals surface area contributed by atoms with Gasteiger partial charge in [-0.05, 0) is 44.7 Å². The van der Waals surface area contributed by atoms with Crippen LogP contribution in [0, 0.1) is 0 Å². The lowest BCUT2D eigenvalue weighted by molar-refractivity contribution is -0.0390. The maximum Gasteiger partial charge on any atom is 0.194 e.